The molecule has 3 aromatic carbocycles. The molecule has 3 rings (SSSR count). The van der Waals surface area contributed by atoms with Gasteiger partial charge in [-0.25, -0.2) is 17.2 Å². The minimum Gasteiger partial charge on any atom is -0.335 e. The van der Waals surface area contributed by atoms with E-state index in [0.29, 0.717) is 16.8 Å². The molecule has 5 nitrogen and oxygen atoms in total. The highest BCUT2D eigenvalue weighted by Crippen LogP contribution is 2.23. The van der Waals surface area contributed by atoms with Crippen molar-refractivity contribution in [3.05, 3.63) is 95.6 Å². The second-order valence-electron chi connectivity index (χ2n) is 6.76. The fourth-order valence-corrected chi connectivity index (χ4v) is 3.95. The summed E-state index contributed by atoms with van der Waals surface area (Å²) in [5.41, 5.74) is 1.10. The normalized spacial score (nSPS) is 12.3. The standard InChI is InChI=1S/C22H20F2N2O3S/c1-15(17-10-13-20(23)21(24)14-17)26(2)22(27)16-8-11-18(12-9-16)25-30(28,29)19-6-4-3-5-7-19/h3-15,25H,1-2H3/t15-/m0/s1. The van der Waals surface area contributed by atoms with Gasteiger partial charge in [0.2, 0.25) is 0 Å². The molecule has 1 N–H and O–H groups in total. The third-order valence-electron chi connectivity index (χ3n) is 4.76. The topological polar surface area (TPSA) is 66.5 Å². The van der Waals surface area contributed by atoms with Gasteiger partial charge >= 0.3 is 0 Å². The monoisotopic (exact) mass is 430 g/mol. The van der Waals surface area contributed by atoms with Crippen LogP contribution in [0.15, 0.2) is 77.7 Å². The lowest BCUT2D eigenvalue weighted by Crippen LogP contribution is -2.29. The SMILES string of the molecule is C[C@@H](c1ccc(F)c(F)c1)N(C)C(=O)c1ccc(NS(=O)(=O)c2ccccc2)cc1. The van der Waals surface area contributed by atoms with E-state index in [1.54, 1.807) is 32.2 Å². The van der Waals surface area contributed by atoms with Gasteiger partial charge in [0.15, 0.2) is 11.6 Å². The quantitative estimate of drug-likeness (QED) is 0.622. The van der Waals surface area contributed by atoms with Crippen LogP contribution in [-0.2, 0) is 10.0 Å². The van der Waals surface area contributed by atoms with Crippen LogP contribution in [0.2, 0.25) is 0 Å². The van der Waals surface area contributed by atoms with Crippen LogP contribution in [0, 0.1) is 11.6 Å². The van der Waals surface area contributed by atoms with E-state index in [4.69, 9.17) is 0 Å². The second-order valence-corrected chi connectivity index (χ2v) is 8.44. The Hall–Kier alpha value is -3.26. The predicted octanol–water partition coefficient (Wildman–Crippen LogP) is 4.60. The first kappa shape index (κ1) is 21.4. The Morgan fingerprint density at radius 3 is 2.17 bits per heavy atom. The van der Waals surface area contributed by atoms with Gasteiger partial charge in [0.25, 0.3) is 15.9 Å². The second kappa shape index (κ2) is 8.62. The summed E-state index contributed by atoms with van der Waals surface area (Å²) in [7, 11) is -2.18. The average Bonchev–Trinajstić information content (AvgIpc) is 2.75. The molecule has 0 saturated heterocycles. The van der Waals surface area contributed by atoms with E-state index in [9.17, 15) is 22.0 Å². The number of sulfonamides is 1. The van der Waals surface area contributed by atoms with Crippen molar-refractivity contribution in [1.29, 1.82) is 0 Å². The molecule has 0 fully saturated rings. The molecule has 0 aliphatic rings. The van der Waals surface area contributed by atoms with Crippen LogP contribution in [0.25, 0.3) is 0 Å². The molecule has 0 unspecified atom stereocenters. The van der Waals surface area contributed by atoms with Crippen molar-refractivity contribution < 1.29 is 22.0 Å². The first-order chi connectivity index (χ1) is 14.2. The molecule has 0 radical (unpaired) electrons. The Labute approximate surface area is 174 Å². The molecule has 0 aliphatic heterocycles. The Bertz CT molecular complexity index is 1150. The minimum atomic E-state index is -3.73. The lowest BCUT2D eigenvalue weighted by Gasteiger charge is -2.25. The number of hydrogen-bond acceptors (Lipinski definition) is 3. The smallest absolute Gasteiger partial charge is 0.261 e. The highest BCUT2D eigenvalue weighted by Gasteiger charge is 2.20. The zero-order valence-corrected chi connectivity index (χ0v) is 17.2. The largest absolute Gasteiger partial charge is 0.335 e. The molecule has 8 heteroatoms. The summed E-state index contributed by atoms with van der Waals surface area (Å²) >= 11 is 0. The van der Waals surface area contributed by atoms with E-state index in [1.165, 1.54) is 47.4 Å². The molecule has 156 valence electrons. The number of benzene rings is 3. The number of nitrogens with zero attached hydrogens (tertiary/aromatic N) is 1. The zero-order valence-electron chi connectivity index (χ0n) is 16.3. The number of rotatable bonds is 6. The lowest BCUT2D eigenvalue weighted by atomic mass is 10.1. The van der Waals surface area contributed by atoms with Gasteiger partial charge in [0, 0.05) is 18.3 Å². The van der Waals surface area contributed by atoms with E-state index in [1.807, 2.05) is 0 Å². The van der Waals surface area contributed by atoms with E-state index >= 15 is 0 Å². The van der Waals surface area contributed by atoms with Crippen LogP contribution in [0.1, 0.15) is 28.9 Å². The third kappa shape index (κ3) is 4.65. The van der Waals surface area contributed by atoms with Crippen molar-refractivity contribution in [2.24, 2.45) is 0 Å². The maximum Gasteiger partial charge on any atom is 0.261 e. The first-order valence-corrected chi connectivity index (χ1v) is 10.6. The third-order valence-corrected chi connectivity index (χ3v) is 6.16. The number of nitrogens with one attached hydrogen (secondary N) is 1. The van der Waals surface area contributed by atoms with Crippen LogP contribution < -0.4 is 4.72 Å². The number of carbonyl (C=O) groups is 1. The number of hydrogen-bond donors (Lipinski definition) is 1. The first-order valence-electron chi connectivity index (χ1n) is 9.09. The van der Waals surface area contributed by atoms with Gasteiger partial charge in [-0.15, -0.1) is 0 Å². The fraction of sp³-hybridized carbons (Fsp3) is 0.136. The summed E-state index contributed by atoms with van der Waals surface area (Å²) in [6.07, 6.45) is 0. The molecule has 0 bridgehead atoms. The summed E-state index contributed by atoms with van der Waals surface area (Å²) in [4.78, 5) is 14.3. The summed E-state index contributed by atoms with van der Waals surface area (Å²) < 4.78 is 53.9. The molecule has 3 aromatic rings. The van der Waals surface area contributed by atoms with Gasteiger partial charge < -0.3 is 4.90 Å². The molecule has 0 spiro atoms. The maximum atomic E-state index is 13.5. The van der Waals surface area contributed by atoms with Crippen molar-refractivity contribution in [3.63, 3.8) is 0 Å². The van der Waals surface area contributed by atoms with E-state index in [2.05, 4.69) is 4.72 Å². The van der Waals surface area contributed by atoms with Gasteiger partial charge in [-0.2, -0.15) is 0 Å². The number of carbonyl (C=O) groups excluding carboxylic acids is 1. The molecular formula is C22H20F2N2O3S. The van der Waals surface area contributed by atoms with E-state index < -0.39 is 27.7 Å². The number of halogens is 2. The van der Waals surface area contributed by atoms with Gasteiger partial charge in [-0.3, -0.25) is 9.52 Å². The number of amides is 1. The Kier molecular flexibility index (Phi) is 6.17. The molecule has 1 atom stereocenters. The molecule has 30 heavy (non-hydrogen) atoms. The highest BCUT2D eigenvalue weighted by atomic mass is 32.2. The Morgan fingerprint density at radius 2 is 1.57 bits per heavy atom. The molecule has 0 aromatic heterocycles. The van der Waals surface area contributed by atoms with Gasteiger partial charge in [0.1, 0.15) is 0 Å². The average molecular weight is 430 g/mol. The number of anilines is 1. The minimum absolute atomic E-state index is 0.130. The lowest BCUT2D eigenvalue weighted by molar-refractivity contribution is 0.0742. The van der Waals surface area contributed by atoms with Crippen molar-refractivity contribution in [2.75, 3.05) is 11.8 Å². The van der Waals surface area contributed by atoms with Crippen molar-refractivity contribution >= 4 is 21.6 Å². The predicted molar refractivity (Wildman–Crippen MR) is 111 cm³/mol. The molecule has 0 heterocycles. The van der Waals surface area contributed by atoms with Crippen LogP contribution >= 0.6 is 0 Å². The van der Waals surface area contributed by atoms with Crippen LogP contribution in [-0.4, -0.2) is 26.3 Å². The fourth-order valence-electron chi connectivity index (χ4n) is 2.87. The van der Waals surface area contributed by atoms with Crippen molar-refractivity contribution in [3.8, 4) is 0 Å². The van der Waals surface area contributed by atoms with Crippen LogP contribution in [0.4, 0.5) is 14.5 Å². The molecular weight excluding hydrogens is 410 g/mol. The van der Waals surface area contributed by atoms with Crippen molar-refractivity contribution in [1.82, 2.24) is 4.90 Å². The summed E-state index contributed by atoms with van der Waals surface area (Å²) in [6, 6.07) is 16.9. The van der Waals surface area contributed by atoms with Gasteiger partial charge in [-0.1, -0.05) is 24.3 Å². The van der Waals surface area contributed by atoms with Crippen LogP contribution in [0.5, 0.6) is 0 Å². The summed E-state index contributed by atoms with van der Waals surface area (Å²) in [5.74, 6) is -2.27. The van der Waals surface area contributed by atoms with E-state index in [-0.39, 0.29) is 10.8 Å². The molecule has 0 saturated carbocycles. The van der Waals surface area contributed by atoms with Gasteiger partial charge in [0.05, 0.1) is 10.9 Å². The van der Waals surface area contributed by atoms with Crippen LogP contribution in [0.3, 0.4) is 0 Å². The summed E-state index contributed by atoms with van der Waals surface area (Å²) in [5, 5.41) is 0. The highest BCUT2D eigenvalue weighted by molar-refractivity contribution is 7.92. The maximum absolute atomic E-state index is 13.5. The van der Waals surface area contributed by atoms with E-state index in [0.717, 1.165) is 12.1 Å². The summed E-state index contributed by atoms with van der Waals surface area (Å²) in [6.45, 7) is 1.70. The van der Waals surface area contributed by atoms with Crippen molar-refractivity contribution in [2.45, 2.75) is 17.9 Å². The zero-order chi connectivity index (χ0) is 21.9. The Balaban J connectivity index is 1.73. The molecule has 0 aliphatic carbocycles. The van der Waals surface area contributed by atoms with Gasteiger partial charge in [-0.05, 0) is 61.0 Å². The Morgan fingerprint density at radius 1 is 0.933 bits per heavy atom. The molecule has 1 amide bonds.